The first-order chi connectivity index (χ1) is 14.1. The quantitative estimate of drug-likeness (QED) is 0.475. The van der Waals surface area contributed by atoms with Crippen molar-refractivity contribution in [2.75, 3.05) is 16.8 Å². The molecular formula is C20H17FN4O2S2. The van der Waals surface area contributed by atoms with Crippen molar-refractivity contribution in [1.29, 1.82) is 0 Å². The van der Waals surface area contributed by atoms with Crippen LogP contribution in [-0.2, 0) is 15.3 Å². The minimum Gasteiger partial charge on any atom is -0.312 e. The molecule has 2 aromatic carbocycles. The minimum absolute atomic E-state index is 0.0695. The molecule has 1 fully saturated rings. The average Bonchev–Trinajstić information content (AvgIpc) is 3.33. The van der Waals surface area contributed by atoms with Gasteiger partial charge >= 0.3 is 0 Å². The molecule has 9 heteroatoms. The zero-order valence-corrected chi connectivity index (χ0v) is 16.9. The maximum absolute atomic E-state index is 13.2. The van der Waals surface area contributed by atoms with Crippen LogP contribution in [0.5, 0.6) is 0 Å². The van der Waals surface area contributed by atoms with E-state index in [4.69, 9.17) is 0 Å². The summed E-state index contributed by atoms with van der Waals surface area (Å²) in [5.41, 5.74) is 1.64. The fraction of sp³-hybridized carbons (Fsp3) is 0.200. The van der Waals surface area contributed by atoms with Gasteiger partial charge in [-0.05, 0) is 29.8 Å². The number of carbonyl (C=O) groups is 2. The molecule has 1 aromatic heterocycles. The third-order valence-electron chi connectivity index (χ3n) is 4.45. The first-order valence-electron chi connectivity index (χ1n) is 8.95. The van der Waals surface area contributed by atoms with E-state index < -0.39 is 5.92 Å². The molecule has 1 atom stereocenters. The van der Waals surface area contributed by atoms with Crippen LogP contribution in [0.1, 0.15) is 12.0 Å². The van der Waals surface area contributed by atoms with Crippen molar-refractivity contribution in [3.63, 3.8) is 0 Å². The summed E-state index contributed by atoms with van der Waals surface area (Å²) in [5, 5.41) is 11.2. The summed E-state index contributed by atoms with van der Waals surface area (Å²) < 4.78 is 13.9. The van der Waals surface area contributed by atoms with E-state index in [1.807, 2.05) is 36.4 Å². The van der Waals surface area contributed by atoms with Gasteiger partial charge in [0.25, 0.3) is 0 Å². The lowest BCUT2D eigenvalue weighted by atomic mass is 10.1. The lowest BCUT2D eigenvalue weighted by Crippen LogP contribution is -2.28. The lowest BCUT2D eigenvalue weighted by molar-refractivity contribution is -0.122. The predicted octanol–water partition coefficient (Wildman–Crippen LogP) is 3.96. The number of thioether (sulfide) groups is 1. The van der Waals surface area contributed by atoms with Crippen LogP contribution in [0.25, 0.3) is 0 Å². The summed E-state index contributed by atoms with van der Waals surface area (Å²) in [6.07, 6.45) is 0.167. The fourth-order valence-electron chi connectivity index (χ4n) is 3.04. The third kappa shape index (κ3) is 4.80. The van der Waals surface area contributed by atoms with Crippen molar-refractivity contribution in [3.8, 4) is 0 Å². The van der Waals surface area contributed by atoms with E-state index in [1.165, 1.54) is 35.2 Å². The number of hydrogen-bond acceptors (Lipinski definition) is 6. The Bertz CT molecular complexity index is 1030. The Hall–Kier alpha value is -2.78. The van der Waals surface area contributed by atoms with Crippen LogP contribution >= 0.6 is 23.1 Å². The van der Waals surface area contributed by atoms with E-state index in [1.54, 1.807) is 11.0 Å². The summed E-state index contributed by atoms with van der Waals surface area (Å²) in [7, 11) is 0. The molecule has 0 spiro atoms. The van der Waals surface area contributed by atoms with Crippen LogP contribution in [0.3, 0.4) is 0 Å². The molecule has 29 heavy (non-hydrogen) atoms. The molecule has 3 aromatic rings. The van der Waals surface area contributed by atoms with Gasteiger partial charge in [-0.2, -0.15) is 0 Å². The van der Waals surface area contributed by atoms with E-state index >= 15 is 0 Å². The van der Waals surface area contributed by atoms with Gasteiger partial charge in [0.2, 0.25) is 16.9 Å². The molecular weight excluding hydrogens is 411 g/mol. The Morgan fingerprint density at radius 2 is 2.03 bits per heavy atom. The van der Waals surface area contributed by atoms with Gasteiger partial charge in [-0.25, -0.2) is 4.39 Å². The number of aromatic nitrogens is 2. The second-order valence-corrected chi connectivity index (χ2v) is 8.72. The molecule has 2 heterocycles. The minimum atomic E-state index is -0.435. The number of nitrogens with zero attached hydrogens (tertiary/aromatic N) is 3. The van der Waals surface area contributed by atoms with Crippen molar-refractivity contribution in [2.45, 2.75) is 16.5 Å². The van der Waals surface area contributed by atoms with E-state index in [0.717, 1.165) is 11.3 Å². The Morgan fingerprint density at radius 1 is 1.21 bits per heavy atom. The summed E-state index contributed by atoms with van der Waals surface area (Å²) in [6.45, 7) is 0.342. The maximum atomic E-state index is 13.2. The zero-order chi connectivity index (χ0) is 20.2. The molecule has 6 nitrogen and oxygen atoms in total. The van der Waals surface area contributed by atoms with E-state index in [-0.39, 0.29) is 24.1 Å². The summed E-state index contributed by atoms with van der Waals surface area (Å²) in [6, 6.07) is 15.7. The van der Waals surface area contributed by atoms with Gasteiger partial charge in [-0.1, -0.05) is 53.4 Å². The average molecular weight is 429 g/mol. The van der Waals surface area contributed by atoms with Gasteiger partial charge in [0.15, 0.2) is 4.34 Å². The van der Waals surface area contributed by atoms with Crippen LogP contribution in [0, 0.1) is 11.7 Å². The molecule has 1 aliphatic rings. The van der Waals surface area contributed by atoms with Crippen molar-refractivity contribution in [3.05, 3.63) is 66.0 Å². The molecule has 2 amide bonds. The largest absolute Gasteiger partial charge is 0.312 e. The zero-order valence-electron chi connectivity index (χ0n) is 15.2. The molecule has 1 unspecified atom stereocenters. The summed E-state index contributed by atoms with van der Waals surface area (Å²) in [5.74, 6) is -0.461. The van der Waals surface area contributed by atoms with Crippen LogP contribution in [-0.4, -0.2) is 28.6 Å². The second kappa shape index (κ2) is 8.71. The Balaban J connectivity index is 1.33. The van der Waals surface area contributed by atoms with E-state index in [9.17, 15) is 14.0 Å². The molecule has 0 radical (unpaired) electrons. The number of rotatable bonds is 6. The number of benzene rings is 2. The van der Waals surface area contributed by atoms with Gasteiger partial charge in [0, 0.05) is 24.4 Å². The number of para-hydroxylation sites is 1. The van der Waals surface area contributed by atoms with Crippen LogP contribution in [0.2, 0.25) is 0 Å². The smallest absolute Gasteiger partial charge is 0.231 e. The van der Waals surface area contributed by atoms with Gasteiger partial charge in [0.1, 0.15) is 5.82 Å². The Kier molecular flexibility index (Phi) is 5.86. The molecule has 1 saturated heterocycles. The highest BCUT2D eigenvalue weighted by Gasteiger charge is 2.35. The number of nitrogens with one attached hydrogen (secondary N) is 1. The molecule has 1 N–H and O–H groups in total. The number of anilines is 2. The number of halogens is 1. The maximum Gasteiger partial charge on any atom is 0.231 e. The molecule has 0 bridgehead atoms. The number of amides is 2. The van der Waals surface area contributed by atoms with Gasteiger partial charge < -0.3 is 10.2 Å². The first-order valence-corrected chi connectivity index (χ1v) is 10.8. The Morgan fingerprint density at radius 3 is 2.83 bits per heavy atom. The first kappa shape index (κ1) is 19.5. The topological polar surface area (TPSA) is 75.2 Å². The fourth-order valence-corrected chi connectivity index (χ4v) is 4.74. The highest BCUT2D eigenvalue weighted by atomic mass is 32.2. The lowest BCUT2D eigenvalue weighted by Gasteiger charge is -2.16. The van der Waals surface area contributed by atoms with Crippen LogP contribution in [0.15, 0.2) is 58.9 Å². The van der Waals surface area contributed by atoms with Crippen LogP contribution < -0.4 is 10.2 Å². The molecule has 148 valence electrons. The van der Waals surface area contributed by atoms with Crippen LogP contribution in [0.4, 0.5) is 15.2 Å². The van der Waals surface area contributed by atoms with E-state index in [2.05, 4.69) is 15.5 Å². The van der Waals surface area contributed by atoms with Gasteiger partial charge in [0.05, 0.1) is 5.92 Å². The van der Waals surface area contributed by atoms with Crippen molar-refractivity contribution >= 4 is 45.7 Å². The standard InChI is InChI=1S/C20H17FN4O2S2/c21-15-6-4-5-13(9-15)12-28-20-24-23-19(29-20)22-18(27)14-10-17(26)25(11-14)16-7-2-1-3-8-16/h1-9,14H,10-12H2,(H,22,23,27). The van der Waals surface area contributed by atoms with E-state index in [0.29, 0.717) is 21.8 Å². The predicted molar refractivity (Wildman–Crippen MR) is 111 cm³/mol. The highest BCUT2D eigenvalue weighted by molar-refractivity contribution is 8.00. The monoisotopic (exact) mass is 428 g/mol. The molecule has 0 aliphatic carbocycles. The van der Waals surface area contributed by atoms with Gasteiger partial charge in [-0.15, -0.1) is 10.2 Å². The summed E-state index contributed by atoms with van der Waals surface area (Å²) in [4.78, 5) is 26.5. The normalized spacial score (nSPS) is 16.2. The second-order valence-electron chi connectivity index (χ2n) is 6.52. The van der Waals surface area contributed by atoms with Crippen molar-refractivity contribution in [2.24, 2.45) is 5.92 Å². The molecule has 4 rings (SSSR count). The number of hydrogen-bond donors (Lipinski definition) is 1. The Labute approximate surface area is 175 Å². The molecule has 0 saturated carbocycles. The summed E-state index contributed by atoms with van der Waals surface area (Å²) >= 11 is 2.68. The van der Waals surface area contributed by atoms with Gasteiger partial charge in [-0.3, -0.25) is 9.59 Å². The third-order valence-corrected chi connectivity index (χ3v) is 6.49. The highest BCUT2D eigenvalue weighted by Crippen LogP contribution is 2.30. The van der Waals surface area contributed by atoms with Crippen molar-refractivity contribution < 1.29 is 14.0 Å². The SMILES string of the molecule is O=C(Nc1nnc(SCc2cccc(F)c2)s1)C1CC(=O)N(c2ccccc2)C1. The van der Waals surface area contributed by atoms with Crippen molar-refractivity contribution in [1.82, 2.24) is 10.2 Å². The number of carbonyl (C=O) groups excluding carboxylic acids is 2. The molecule has 1 aliphatic heterocycles.